The van der Waals surface area contributed by atoms with E-state index in [0.29, 0.717) is 23.4 Å². The van der Waals surface area contributed by atoms with Crippen molar-refractivity contribution in [2.24, 2.45) is 16.7 Å². The van der Waals surface area contributed by atoms with Crippen LogP contribution in [0.25, 0.3) is 0 Å². The molecular formula is C14H24O2. The standard InChI is InChI=1S/C14H24O2/c1-13(2)11-6-7-14(13,3)12(10-11)16-9-5-4-8-15/h8,11-12H,4-7,9-10H2,1-3H3. The summed E-state index contributed by atoms with van der Waals surface area (Å²) in [5.41, 5.74) is 0.793. The minimum Gasteiger partial charge on any atom is -0.378 e. The molecule has 0 N–H and O–H groups in total. The van der Waals surface area contributed by atoms with Gasteiger partial charge in [0.05, 0.1) is 6.10 Å². The van der Waals surface area contributed by atoms with Crippen LogP contribution >= 0.6 is 0 Å². The summed E-state index contributed by atoms with van der Waals surface area (Å²) in [5.74, 6) is 0.841. The Morgan fingerprint density at radius 3 is 2.62 bits per heavy atom. The van der Waals surface area contributed by atoms with E-state index in [2.05, 4.69) is 20.8 Å². The smallest absolute Gasteiger partial charge is 0.120 e. The number of unbranched alkanes of at least 4 members (excludes halogenated alkanes) is 1. The second-order valence-electron chi connectivity index (χ2n) is 6.28. The van der Waals surface area contributed by atoms with E-state index >= 15 is 0 Å². The first kappa shape index (κ1) is 12.1. The van der Waals surface area contributed by atoms with Gasteiger partial charge in [-0.2, -0.15) is 0 Å². The maximum Gasteiger partial charge on any atom is 0.120 e. The number of ether oxygens (including phenoxy) is 1. The van der Waals surface area contributed by atoms with Crippen LogP contribution in [0.15, 0.2) is 0 Å². The van der Waals surface area contributed by atoms with E-state index in [4.69, 9.17) is 4.74 Å². The second-order valence-corrected chi connectivity index (χ2v) is 6.28. The molecule has 2 aliphatic carbocycles. The molecule has 2 heteroatoms. The van der Waals surface area contributed by atoms with E-state index < -0.39 is 0 Å². The summed E-state index contributed by atoms with van der Waals surface area (Å²) in [4.78, 5) is 10.2. The highest BCUT2D eigenvalue weighted by Crippen LogP contribution is 2.66. The van der Waals surface area contributed by atoms with Crippen molar-refractivity contribution in [2.45, 2.75) is 59.0 Å². The average Bonchev–Trinajstić information content (AvgIpc) is 2.57. The SMILES string of the molecule is CC1(C)C2CCC1(C)C(OCCCC=O)C2. The fraction of sp³-hybridized carbons (Fsp3) is 0.929. The molecule has 92 valence electrons. The quantitative estimate of drug-likeness (QED) is 0.529. The summed E-state index contributed by atoms with van der Waals surface area (Å²) >= 11 is 0. The van der Waals surface area contributed by atoms with Crippen molar-refractivity contribution in [3.8, 4) is 0 Å². The van der Waals surface area contributed by atoms with Crippen LogP contribution in [-0.4, -0.2) is 19.0 Å². The monoisotopic (exact) mass is 224 g/mol. The maximum absolute atomic E-state index is 10.2. The fourth-order valence-corrected chi connectivity index (χ4v) is 3.77. The Morgan fingerprint density at radius 1 is 1.38 bits per heavy atom. The van der Waals surface area contributed by atoms with Gasteiger partial charge in [0.2, 0.25) is 0 Å². The Kier molecular flexibility index (Phi) is 3.13. The molecular weight excluding hydrogens is 200 g/mol. The van der Waals surface area contributed by atoms with Gasteiger partial charge in [0.25, 0.3) is 0 Å². The molecule has 2 rings (SSSR count). The molecule has 0 heterocycles. The number of aldehydes is 1. The highest BCUT2D eigenvalue weighted by molar-refractivity contribution is 5.48. The molecule has 2 fully saturated rings. The molecule has 0 aromatic carbocycles. The number of hydrogen-bond acceptors (Lipinski definition) is 2. The molecule has 3 atom stereocenters. The van der Waals surface area contributed by atoms with Crippen LogP contribution in [-0.2, 0) is 9.53 Å². The second kappa shape index (κ2) is 4.14. The summed E-state index contributed by atoms with van der Waals surface area (Å²) in [5, 5.41) is 0. The minimum atomic E-state index is 0.360. The lowest BCUT2D eigenvalue weighted by Crippen LogP contribution is -2.37. The molecule has 16 heavy (non-hydrogen) atoms. The first-order valence-corrected chi connectivity index (χ1v) is 6.57. The predicted molar refractivity (Wildman–Crippen MR) is 64.3 cm³/mol. The fourth-order valence-electron chi connectivity index (χ4n) is 3.77. The lowest BCUT2D eigenvalue weighted by molar-refractivity contribution is -0.108. The zero-order valence-electron chi connectivity index (χ0n) is 10.8. The van der Waals surface area contributed by atoms with Gasteiger partial charge < -0.3 is 9.53 Å². The normalized spacial score (nSPS) is 40.2. The van der Waals surface area contributed by atoms with Crippen LogP contribution in [0.5, 0.6) is 0 Å². The molecule has 0 aromatic rings. The van der Waals surface area contributed by atoms with Crippen molar-refractivity contribution in [3.05, 3.63) is 0 Å². The summed E-state index contributed by atoms with van der Waals surface area (Å²) in [7, 11) is 0. The van der Waals surface area contributed by atoms with Crippen LogP contribution in [0.1, 0.15) is 52.9 Å². The topological polar surface area (TPSA) is 26.3 Å². The number of fused-ring (bicyclic) bond motifs is 2. The van der Waals surface area contributed by atoms with Crippen molar-refractivity contribution in [1.82, 2.24) is 0 Å². The summed E-state index contributed by atoms with van der Waals surface area (Å²) in [6.07, 6.45) is 6.83. The van der Waals surface area contributed by atoms with Crippen molar-refractivity contribution in [3.63, 3.8) is 0 Å². The molecule has 0 radical (unpaired) electrons. The van der Waals surface area contributed by atoms with E-state index in [1.165, 1.54) is 19.3 Å². The van der Waals surface area contributed by atoms with E-state index in [1.54, 1.807) is 0 Å². The van der Waals surface area contributed by atoms with Crippen molar-refractivity contribution >= 4 is 6.29 Å². The summed E-state index contributed by atoms with van der Waals surface area (Å²) in [6, 6.07) is 0. The van der Waals surface area contributed by atoms with E-state index in [1.807, 2.05) is 0 Å². The van der Waals surface area contributed by atoms with Gasteiger partial charge in [0, 0.05) is 13.0 Å². The van der Waals surface area contributed by atoms with Crippen LogP contribution < -0.4 is 0 Å². The molecule has 2 aliphatic rings. The van der Waals surface area contributed by atoms with Crippen molar-refractivity contribution in [2.75, 3.05) is 6.61 Å². The zero-order valence-corrected chi connectivity index (χ0v) is 10.8. The highest BCUT2D eigenvalue weighted by atomic mass is 16.5. The van der Waals surface area contributed by atoms with Crippen LogP contribution in [0.2, 0.25) is 0 Å². The molecule has 0 aromatic heterocycles. The lowest BCUT2D eigenvalue weighted by Gasteiger charge is -2.38. The van der Waals surface area contributed by atoms with Gasteiger partial charge in [0.1, 0.15) is 6.29 Å². The van der Waals surface area contributed by atoms with Gasteiger partial charge in [-0.1, -0.05) is 20.8 Å². The largest absolute Gasteiger partial charge is 0.378 e. The van der Waals surface area contributed by atoms with Crippen LogP contribution in [0, 0.1) is 16.7 Å². The van der Waals surface area contributed by atoms with Crippen molar-refractivity contribution in [1.29, 1.82) is 0 Å². The Labute approximate surface area is 98.7 Å². The van der Waals surface area contributed by atoms with Gasteiger partial charge in [-0.3, -0.25) is 0 Å². The predicted octanol–water partition coefficient (Wildman–Crippen LogP) is 3.20. The van der Waals surface area contributed by atoms with Gasteiger partial charge in [0.15, 0.2) is 0 Å². The molecule has 2 nitrogen and oxygen atoms in total. The zero-order chi connectivity index (χ0) is 11.8. The number of carbonyl (C=O) groups excluding carboxylic acids is 1. The third kappa shape index (κ3) is 1.62. The Hall–Kier alpha value is -0.370. The van der Waals surface area contributed by atoms with E-state index in [9.17, 15) is 4.79 Å². The Bertz CT molecular complexity index is 272. The number of carbonyl (C=O) groups is 1. The summed E-state index contributed by atoms with van der Waals surface area (Å²) in [6.45, 7) is 7.95. The molecule has 0 aliphatic heterocycles. The minimum absolute atomic E-state index is 0.360. The van der Waals surface area contributed by atoms with Gasteiger partial charge in [-0.05, 0) is 42.4 Å². The molecule has 0 saturated heterocycles. The van der Waals surface area contributed by atoms with E-state index in [-0.39, 0.29) is 0 Å². The molecule has 2 saturated carbocycles. The Morgan fingerprint density at radius 2 is 2.12 bits per heavy atom. The van der Waals surface area contributed by atoms with Crippen molar-refractivity contribution < 1.29 is 9.53 Å². The average molecular weight is 224 g/mol. The first-order chi connectivity index (χ1) is 7.52. The van der Waals surface area contributed by atoms with E-state index in [0.717, 1.165) is 25.2 Å². The van der Waals surface area contributed by atoms with Crippen LogP contribution in [0.3, 0.4) is 0 Å². The third-order valence-electron chi connectivity index (χ3n) is 5.50. The maximum atomic E-state index is 10.2. The van der Waals surface area contributed by atoms with Gasteiger partial charge in [-0.25, -0.2) is 0 Å². The molecule has 3 unspecified atom stereocenters. The van der Waals surface area contributed by atoms with Crippen LogP contribution in [0.4, 0.5) is 0 Å². The number of rotatable bonds is 5. The van der Waals surface area contributed by atoms with Gasteiger partial charge in [-0.15, -0.1) is 0 Å². The lowest BCUT2D eigenvalue weighted by atomic mass is 9.70. The molecule has 2 bridgehead atoms. The number of hydrogen-bond donors (Lipinski definition) is 0. The third-order valence-corrected chi connectivity index (χ3v) is 5.50. The van der Waals surface area contributed by atoms with Gasteiger partial charge >= 0.3 is 0 Å². The molecule has 0 amide bonds. The summed E-state index contributed by atoms with van der Waals surface area (Å²) < 4.78 is 6.02. The first-order valence-electron chi connectivity index (χ1n) is 6.57. The Balaban J connectivity index is 1.91. The molecule has 0 spiro atoms. The highest BCUT2D eigenvalue weighted by Gasteiger charge is 2.61.